The van der Waals surface area contributed by atoms with E-state index in [9.17, 15) is 18.0 Å². The lowest BCUT2D eigenvalue weighted by molar-refractivity contribution is -0.138. The normalized spacial score (nSPS) is 11.8. The summed E-state index contributed by atoms with van der Waals surface area (Å²) in [6, 6.07) is 9.83. The molecule has 0 spiro atoms. The second-order valence-corrected chi connectivity index (χ2v) is 4.51. The Morgan fingerprint density at radius 1 is 1.10 bits per heavy atom. The Labute approximate surface area is 117 Å². The monoisotopic (exact) mass is 290 g/mol. The van der Waals surface area contributed by atoms with E-state index in [0.29, 0.717) is 5.69 Å². The SMILES string of the molecule is O=c1[nH]cc(-c2nccc3ccccc23)cc1C(F)(F)F. The van der Waals surface area contributed by atoms with Crippen molar-refractivity contribution in [2.24, 2.45) is 0 Å². The topological polar surface area (TPSA) is 45.8 Å². The van der Waals surface area contributed by atoms with Crippen LogP contribution in [0.25, 0.3) is 22.0 Å². The maximum atomic E-state index is 12.8. The van der Waals surface area contributed by atoms with E-state index in [0.717, 1.165) is 16.8 Å². The number of halogens is 3. The number of nitrogens with zero attached hydrogens (tertiary/aromatic N) is 1. The summed E-state index contributed by atoms with van der Waals surface area (Å²) < 4.78 is 38.5. The van der Waals surface area contributed by atoms with E-state index < -0.39 is 17.3 Å². The Hall–Kier alpha value is -2.63. The molecule has 21 heavy (non-hydrogen) atoms. The zero-order valence-corrected chi connectivity index (χ0v) is 10.6. The van der Waals surface area contributed by atoms with Gasteiger partial charge >= 0.3 is 6.18 Å². The molecule has 0 saturated heterocycles. The van der Waals surface area contributed by atoms with Crippen LogP contribution in [0.4, 0.5) is 13.2 Å². The van der Waals surface area contributed by atoms with Gasteiger partial charge in [-0.1, -0.05) is 24.3 Å². The van der Waals surface area contributed by atoms with Gasteiger partial charge in [-0.2, -0.15) is 13.2 Å². The fraction of sp³-hybridized carbons (Fsp3) is 0.0667. The number of hydrogen-bond acceptors (Lipinski definition) is 2. The van der Waals surface area contributed by atoms with Crippen molar-refractivity contribution in [2.45, 2.75) is 6.18 Å². The molecule has 0 unspecified atom stereocenters. The van der Waals surface area contributed by atoms with Gasteiger partial charge in [0, 0.05) is 23.3 Å². The van der Waals surface area contributed by atoms with Crippen molar-refractivity contribution in [3.05, 3.63) is 64.7 Å². The molecule has 0 amide bonds. The fourth-order valence-electron chi connectivity index (χ4n) is 2.18. The maximum absolute atomic E-state index is 12.8. The molecule has 0 aliphatic rings. The number of fused-ring (bicyclic) bond motifs is 1. The van der Waals surface area contributed by atoms with Crippen molar-refractivity contribution < 1.29 is 13.2 Å². The van der Waals surface area contributed by atoms with Crippen LogP contribution >= 0.6 is 0 Å². The van der Waals surface area contributed by atoms with E-state index >= 15 is 0 Å². The van der Waals surface area contributed by atoms with Gasteiger partial charge in [0.15, 0.2) is 0 Å². The summed E-state index contributed by atoms with van der Waals surface area (Å²) in [5, 5.41) is 1.59. The third kappa shape index (κ3) is 2.40. The Balaban J connectivity index is 2.27. The highest BCUT2D eigenvalue weighted by Gasteiger charge is 2.34. The van der Waals surface area contributed by atoms with E-state index in [1.54, 1.807) is 18.2 Å². The predicted octanol–water partition coefficient (Wildman–Crippen LogP) is 3.61. The molecule has 2 heterocycles. The minimum atomic E-state index is -4.70. The molecular weight excluding hydrogens is 281 g/mol. The summed E-state index contributed by atoms with van der Waals surface area (Å²) in [6.07, 6.45) is -1.93. The van der Waals surface area contributed by atoms with E-state index in [2.05, 4.69) is 9.97 Å². The lowest BCUT2D eigenvalue weighted by atomic mass is 10.0. The highest BCUT2D eigenvalue weighted by Crippen LogP contribution is 2.31. The second kappa shape index (κ2) is 4.73. The molecule has 106 valence electrons. The van der Waals surface area contributed by atoms with Gasteiger partial charge < -0.3 is 4.98 Å². The average molecular weight is 290 g/mol. The first-order valence-corrected chi connectivity index (χ1v) is 6.11. The van der Waals surface area contributed by atoms with Crippen LogP contribution in [0.5, 0.6) is 0 Å². The number of aromatic nitrogens is 2. The Morgan fingerprint density at radius 3 is 2.62 bits per heavy atom. The van der Waals surface area contributed by atoms with Gasteiger partial charge in [-0.25, -0.2) is 0 Å². The Kier molecular flexibility index (Phi) is 3.01. The van der Waals surface area contributed by atoms with Crippen molar-refractivity contribution in [1.29, 1.82) is 0 Å². The maximum Gasteiger partial charge on any atom is 0.421 e. The van der Waals surface area contributed by atoms with Gasteiger partial charge in [0.1, 0.15) is 5.56 Å². The summed E-state index contributed by atoms with van der Waals surface area (Å²) in [7, 11) is 0. The van der Waals surface area contributed by atoms with Gasteiger partial charge in [0.05, 0.1) is 5.69 Å². The van der Waals surface area contributed by atoms with Gasteiger partial charge in [0.2, 0.25) is 0 Å². The summed E-state index contributed by atoms with van der Waals surface area (Å²) in [4.78, 5) is 17.6. The smallest absolute Gasteiger partial charge is 0.328 e. The zero-order chi connectivity index (χ0) is 15.0. The molecule has 0 saturated carbocycles. The summed E-state index contributed by atoms with van der Waals surface area (Å²) >= 11 is 0. The van der Waals surface area contributed by atoms with E-state index in [1.165, 1.54) is 12.4 Å². The summed E-state index contributed by atoms with van der Waals surface area (Å²) in [5.74, 6) is 0. The third-order valence-corrected chi connectivity index (χ3v) is 3.16. The van der Waals surface area contributed by atoms with Gasteiger partial charge in [-0.15, -0.1) is 0 Å². The molecule has 3 aromatic rings. The molecule has 0 bridgehead atoms. The number of H-pyrrole nitrogens is 1. The average Bonchev–Trinajstić information content (AvgIpc) is 2.46. The number of pyridine rings is 2. The van der Waals surface area contributed by atoms with E-state index in [-0.39, 0.29) is 5.56 Å². The van der Waals surface area contributed by atoms with Crippen LogP contribution in [0.2, 0.25) is 0 Å². The lowest BCUT2D eigenvalue weighted by Gasteiger charge is -2.09. The second-order valence-electron chi connectivity index (χ2n) is 4.51. The highest BCUT2D eigenvalue weighted by molar-refractivity contribution is 5.94. The molecule has 0 radical (unpaired) electrons. The molecule has 1 aromatic carbocycles. The first-order valence-electron chi connectivity index (χ1n) is 6.11. The molecule has 0 atom stereocenters. The molecular formula is C15H9F3N2O. The molecule has 0 aliphatic carbocycles. The predicted molar refractivity (Wildman–Crippen MR) is 72.8 cm³/mol. The number of hydrogen-bond donors (Lipinski definition) is 1. The van der Waals surface area contributed by atoms with Crippen LogP contribution in [0.15, 0.2) is 53.6 Å². The zero-order valence-electron chi connectivity index (χ0n) is 10.6. The quantitative estimate of drug-likeness (QED) is 0.744. The minimum Gasteiger partial charge on any atom is -0.328 e. The third-order valence-electron chi connectivity index (χ3n) is 3.16. The van der Waals surface area contributed by atoms with Crippen molar-refractivity contribution in [3.8, 4) is 11.3 Å². The molecule has 6 heteroatoms. The van der Waals surface area contributed by atoms with Gasteiger partial charge in [0.25, 0.3) is 5.56 Å². The van der Waals surface area contributed by atoms with Gasteiger partial charge in [-0.05, 0) is 17.5 Å². The number of nitrogens with one attached hydrogen (secondary N) is 1. The number of benzene rings is 1. The van der Waals surface area contributed by atoms with Crippen LogP contribution in [0, 0.1) is 0 Å². The first-order chi connectivity index (χ1) is 9.97. The number of rotatable bonds is 1. The van der Waals surface area contributed by atoms with Crippen LogP contribution in [-0.4, -0.2) is 9.97 Å². The summed E-state index contributed by atoms with van der Waals surface area (Å²) in [6.45, 7) is 0. The number of aromatic amines is 1. The molecule has 1 N–H and O–H groups in total. The van der Waals surface area contributed by atoms with Crippen LogP contribution in [0.1, 0.15) is 5.56 Å². The van der Waals surface area contributed by atoms with Crippen LogP contribution in [-0.2, 0) is 6.18 Å². The van der Waals surface area contributed by atoms with Crippen molar-refractivity contribution in [1.82, 2.24) is 9.97 Å². The Morgan fingerprint density at radius 2 is 1.86 bits per heavy atom. The van der Waals surface area contributed by atoms with E-state index in [4.69, 9.17) is 0 Å². The molecule has 2 aromatic heterocycles. The van der Waals surface area contributed by atoms with Crippen molar-refractivity contribution >= 4 is 10.8 Å². The largest absolute Gasteiger partial charge is 0.421 e. The molecule has 3 rings (SSSR count). The number of alkyl halides is 3. The molecule has 3 nitrogen and oxygen atoms in total. The van der Waals surface area contributed by atoms with Crippen molar-refractivity contribution in [2.75, 3.05) is 0 Å². The molecule has 0 fully saturated rings. The van der Waals surface area contributed by atoms with Crippen molar-refractivity contribution in [3.63, 3.8) is 0 Å². The first kappa shape index (κ1) is 13.4. The van der Waals surface area contributed by atoms with Crippen LogP contribution in [0.3, 0.4) is 0 Å². The standard InChI is InChI=1S/C15H9F3N2O/c16-15(17,18)12-7-10(8-20-14(12)21)13-11-4-2-1-3-9(11)5-6-19-13/h1-8H,(H,20,21). The molecule has 0 aliphatic heterocycles. The summed E-state index contributed by atoms with van der Waals surface area (Å²) in [5.41, 5.74) is -1.77. The lowest BCUT2D eigenvalue weighted by Crippen LogP contribution is -2.21. The highest BCUT2D eigenvalue weighted by atomic mass is 19.4. The van der Waals surface area contributed by atoms with Gasteiger partial charge in [-0.3, -0.25) is 9.78 Å². The minimum absolute atomic E-state index is 0.221. The van der Waals surface area contributed by atoms with E-state index in [1.807, 2.05) is 12.1 Å². The fourth-order valence-corrected chi connectivity index (χ4v) is 2.18. The Bertz CT molecular complexity index is 863. The van der Waals surface area contributed by atoms with Crippen LogP contribution < -0.4 is 5.56 Å².